The van der Waals surface area contributed by atoms with Gasteiger partial charge in [-0.25, -0.2) is 9.56 Å². The molecule has 0 aliphatic carbocycles. The van der Waals surface area contributed by atoms with Crippen molar-refractivity contribution >= 4 is 39.6 Å². The first-order valence-electron chi connectivity index (χ1n) is 12.5. The smallest absolute Gasteiger partial charge is 0.271 e. The number of hydrogen-bond donors (Lipinski definition) is 1. The van der Waals surface area contributed by atoms with Gasteiger partial charge < -0.3 is 14.9 Å². The standard InChI is InChI=1S/C29H29N5O4/c1-19-18-32(16-15-31(19)3)23-11-9-22(10-12-23)30-28(21-7-5-4-6-8-21)27-25-14-13-24(34(37)38)17-26(25)33(20(2)35)29(27)36/h4-14,17,19,36H,15-16,18H2,1-3H3/t19-/m0/s1. The molecule has 1 aromatic heterocycles. The number of anilines is 1. The van der Waals surface area contributed by atoms with Gasteiger partial charge in [0, 0.05) is 61.4 Å². The second-order valence-electron chi connectivity index (χ2n) is 9.63. The van der Waals surface area contributed by atoms with Crippen LogP contribution in [0.4, 0.5) is 17.1 Å². The van der Waals surface area contributed by atoms with E-state index >= 15 is 0 Å². The highest BCUT2D eigenvalue weighted by Crippen LogP contribution is 2.36. The number of nitro benzene ring substituents is 1. The van der Waals surface area contributed by atoms with Gasteiger partial charge in [0.15, 0.2) is 0 Å². The summed E-state index contributed by atoms with van der Waals surface area (Å²) in [6.45, 7) is 6.41. The van der Waals surface area contributed by atoms with E-state index in [0.29, 0.717) is 28.4 Å². The fraction of sp³-hybridized carbons (Fsp3) is 0.241. The highest BCUT2D eigenvalue weighted by molar-refractivity contribution is 6.23. The number of carbonyl (C=O) groups is 1. The zero-order valence-corrected chi connectivity index (χ0v) is 21.5. The van der Waals surface area contributed by atoms with E-state index in [1.54, 1.807) is 6.07 Å². The van der Waals surface area contributed by atoms with E-state index in [4.69, 9.17) is 4.99 Å². The normalized spacial score (nSPS) is 16.7. The minimum Gasteiger partial charge on any atom is -0.494 e. The fourth-order valence-corrected chi connectivity index (χ4v) is 4.94. The summed E-state index contributed by atoms with van der Waals surface area (Å²) in [7, 11) is 2.14. The number of likely N-dealkylation sites (N-methyl/N-ethyl adjacent to an activating group) is 1. The van der Waals surface area contributed by atoms with E-state index in [1.165, 1.54) is 19.1 Å². The summed E-state index contributed by atoms with van der Waals surface area (Å²) in [6, 6.07) is 22.0. The second-order valence-corrected chi connectivity index (χ2v) is 9.63. The zero-order chi connectivity index (χ0) is 27.0. The van der Waals surface area contributed by atoms with Gasteiger partial charge in [0.1, 0.15) is 0 Å². The first-order chi connectivity index (χ1) is 18.2. The molecule has 0 radical (unpaired) electrons. The van der Waals surface area contributed by atoms with Crippen LogP contribution in [0.1, 0.15) is 29.8 Å². The maximum absolute atomic E-state index is 12.5. The van der Waals surface area contributed by atoms with Crippen LogP contribution in [-0.2, 0) is 0 Å². The average Bonchev–Trinajstić information content (AvgIpc) is 3.20. The Bertz CT molecular complexity index is 1540. The molecule has 1 aliphatic heterocycles. The lowest BCUT2D eigenvalue weighted by atomic mass is 10.0. The molecule has 0 unspecified atom stereocenters. The lowest BCUT2D eigenvalue weighted by molar-refractivity contribution is -0.384. The Hall–Kier alpha value is -4.50. The van der Waals surface area contributed by atoms with E-state index in [0.717, 1.165) is 35.5 Å². The van der Waals surface area contributed by atoms with E-state index in [9.17, 15) is 20.0 Å². The van der Waals surface area contributed by atoms with Crippen LogP contribution in [0.25, 0.3) is 10.9 Å². The minimum atomic E-state index is -0.525. The maximum Gasteiger partial charge on any atom is 0.271 e. The Kier molecular flexibility index (Phi) is 6.69. The summed E-state index contributed by atoms with van der Waals surface area (Å²) in [4.78, 5) is 33.0. The minimum absolute atomic E-state index is 0.170. The number of non-ortho nitro benzene ring substituents is 1. The molecule has 1 saturated heterocycles. The molecule has 194 valence electrons. The molecule has 1 N–H and O–H groups in total. The van der Waals surface area contributed by atoms with Crippen LogP contribution in [0.2, 0.25) is 0 Å². The number of nitro groups is 1. The number of fused-ring (bicyclic) bond motifs is 1. The summed E-state index contributed by atoms with van der Waals surface area (Å²) in [6.07, 6.45) is 0. The van der Waals surface area contributed by atoms with Crippen LogP contribution >= 0.6 is 0 Å². The quantitative estimate of drug-likeness (QED) is 0.224. The van der Waals surface area contributed by atoms with E-state index in [1.807, 2.05) is 54.6 Å². The van der Waals surface area contributed by atoms with E-state index in [2.05, 4.69) is 23.8 Å². The SMILES string of the molecule is CC(=O)n1c(O)c(C(=Nc2ccc(N3CCN(C)[C@@H](C)C3)cc2)c2ccccc2)c2ccc([N+](=O)[O-])cc21. The second kappa shape index (κ2) is 10.1. The van der Waals surface area contributed by atoms with Gasteiger partial charge in [-0.05, 0) is 44.3 Å². The number of nitrogens with zero attached hydrogens (tertiary/aromatic N) is 5. The van der Waals surface area contributed by atoms with Gasteiger partial charge in [0.2, 0.25) is 11.8 Å². The van der Waals surface area contributed by atoms with Gasteiger partial charge in [-0.15, -0.1) is 0 Å². The topological polar surface area (TPSA) is 104 Å². The van der Waals surface area contributed by atoms with Crippen LogP contribution in [-0.4, -0.2) is 63.8 Å². The molecule has 1 aliphatic rings. The average molecular weight is 512 g/mol. The molecule has 5 rings (SSSR count). The summed E-state index contributed by atoms with van der Waals surface area (Å²) >= 11 is 0. The predicted molar refractivity (Wildman–Crippen MR) is 149 cm³/mol. The summed E-state index contributed by atoms with van der Waals surface area (Å²) < 4.78 is 1.09. The number of piperazine rings is 1. The third-order valence-corrected chi connectivity index (χ3v) is 7.15. The van der Waals surface area contributed by atoms with E-state index in [-0.39, 0.29) is 17.1 Å². The van der Waals surface area contributed by atoms with Crippen molar-refractivity contribution in [1.82, 2.24) is 9.47 Å². The third kappa shape index (κ3) is 4.64. The zero-order valence-electron chi connectivity index (χ0n) is 21.5. The molecule has 4 aromatic rings. The van der Waals surface area contributed by atoms with Gasteiger partial charge in [-0.2, -0.15) is 0 Å². The summed E-state index contributed by atoms with van der Waals surface area (Å²) in [5, 5.41) is 23.2. The van der Waals surface area contributed by atoms with Crippen molar-refractivity contribution in [2.45, 2.75) is 19.9 Å². The Morgan fingerprint density at radius 2 is 1.76 bits per heavy atom. The first-order valence-corrected chi connectivity index (χ1v) is 12.5. The number of aliphatic imine (C=N–C) groups is 1. The van der Waals surface area contributed by atoms with Gasteiger partial charge in [-0.3, -0.25) is 14.9 Å². The predicted octanol–water partition coefficient (Wildman–Crippen LogP) is 5.22. The Morgan fingerprint density at radius 1 is 1.05 bits per heavy atom. The highest BCUT2D eigenvalue weighted by atomic mass is 16.6. The first kappa shape index (κ1) is 25.2. The van der Waals surface area contributed by atoms with E-state index < -0.39 is 10.8 Å². The Balaban J connectivity index is 1.64. The molecule has 0 bridgehead atoms. The summed E-state index contributed by atoms with van der Waals surface area (Å²) in [5.74, 6) is -0.768. The van der Waals surface area contributed by atoms with Crippen molar-refractivity contribution in [3.8, 4) is 5.88 Å². The number of rotatable bonds is 5. The van der Waals surface area contributed by atoms with Crippen molar-refractivity contribution in [2.24, 2.45) is 4.99 Å². The third-order valence-electron chi connectivity index (χ3n) is 7.15. The molecule has 9 heteroatoms. The molecule has 3 aromatic carbocycles. The van der Waals surface area contributed by atoms with Crippen molar-refractivity contribution in [2.75, 3.05) is 31.6 Å². The Morgan fingerprint density at radius 3 is 2.39 bits per heavy atom. The lowest BCUT2D eigenvalue weighted by Gasteiger charge is -2.39. The molecule has 38 heavy (non-hydrogen) atoms. The molecule has 2 heterocycles. The van der Waals surface area contributed by atoms with Crippen LogP contribution in [0.3, 0.4) is 0 Å². The molecule has 9 nitrogen and oxygen atoms in total. The number of hydrogen-bond acceptors (Lipinski definition) is 7. The number of benzene rings is 3. The van der Waals surface area contributed by atoms with Gasteiger partial charge in [0.25, 0.3) is 5.69 Å². The van der Waals surface area contributed by atoms with Crippen molar-refractivity contribution in [1.29, 1.82) is 0 Å². The van der Waals surface area contributed by atoms with Crippen molar-refractivity contribution in [3.05, 3.63) is 94.0 Å². The molecule has 1 fully saturated rings. The largest absolute Gasteiger partial charge is 0.494 e. The van der Waals surface area contributed by atoms with Gasteiger partial charge in [-0.1, -0.05) is 30.3 Å². The fourth-order valence-electron chi connectivity index (χ4n) is 4.94. The van der Waals surface area contributed by atoms with Gasteiger partial charge in [0.05, 0.1) is 27.4 Å². The molecular formula is C29H29N5O4. The number of carbonyl (C=O) groups excluding carboxylic acids is 1. The van der Waals surface area contributed by atoms with Crippen LogP contribution in [0.15, 0.2) is 77.8 Å². The van der Waals surface area contributed by atoms with Crippen LogP contribution < -0.4 is 4.90 Å². The molecule has 0 amide bonds. The van der Waals surface area contributed by atoms with Crippen molar-refractivity contribution in [3.63, 3.8) is 0 Å². The monoisotopic (exact) mass is 511 g/mol. The number of aromatic hydroxyl groups is 1. The molecule has 0 spiro atoms. The highest BCUT2D eigenvalue weighted by Gasteiger charge is 2.26. The number of aromatic nitrogens is 1. The van der Waals surface area contributed by atoms with Crippen molar-refractivity contribution < 1.29 is 14.8 Å². The van der Waals surface area contributed by atoms with Gasteiger partial charge >= 0.3 is 0 Å². The molecule has 1 atom stereocenters. The van der Waals surface area contributed by atoms with Crippen LogP contribution in [0.5, 0.6) is 5.88 Å². The maximum atomic E-state index is 12.5. The Labute approximate surface area is 220 Å². The lowest BCUT2D eigenvalue weighted by Crippen LogP contribution is -2.50. The molecular weight excluding hydrogens is 482 g/mol. The molecule has 0 saturated carbocycles. The van der Waals surface area contributed by atoms with Crippen LogP contribution in [0, 0.1) is 10.1 Å². The summed E-state index contributed by atoms with van der Waals surface area (Å²) in [5.41, 5.74) is 3.42.